The van der Waals surface area contributed by atoms with Gasteiger partial charge in [0.15, 0.2) is 5.75 Å². The maximum absolute atomic E-state index is 11.4. The van der Waals surface area contributed by atoms with Crippen molar-refractivity contribution in [1.29, 1.82) is 0 Å². The summed E-state index contributed by atoms with van der Waals surface area (Å²) in [6.07, 6.45) is 0.328. The quantitative estimate of drug-likeness (QED) is 0.603. The summed E-state index contributed by atoms with van der Waals surface area (Å²) in [5, 5.41) is 3.96. The lowest BCUT2D eigenvalue weighted by Gasteiger charge is -2.30. The van der Waals surface area contributed by atoms with Gasteiger partial charge in [-0.15, -0.1) is 0 Å². The number of carbonyl (C=O) groups excluding carboxylic acids is 1. The number of carbonyl (C=O) groups is 1. The number of hydrogen-bond acceptors (Lipinski definition) is 4. The van der Waals surface area contributed by atoms with Gasteiger partial charge in [-0.25, -0.2) is 0 Å². The fraction of sp³-hybridized carbons (Fsp3) is 0.417. The Balaban J connectivity index is 2.01. The van der Waals surface area contributed by atoms with Crippen molar-refractivity contribution in [3.63, 3.8) is 0 Å². The van der Waals surface area contributed by atoms with Crippen LogP contribution in [0.2, 0.25) is 5.02 Å². The van der Waals surface area contributed by atoms with Crippen LogP contribution in [0.3, 0.4) is 0 Å². The number of fused-ring (bicyclic) bond motifs is 1. The molecule has 17 heavy (non-hydrogen) atoms. The van der Waals surface area contributed by atoms with Crippen LogP contribution in [-0.4, -0.2) is 32.1 Å². The summed E-state index contributed by atoms with van der Waals surface area (Å²) in [6.45, 7) is 3.69. The van der Waals surface area contributed by atoms with E-state index in [1.807, 2.05) is 12.1 Å². The Morgan fingerprint density at radius 1 is 1.29 bits per heavy atom. The smallest absolute Gasteiger partial charge is 0.315 e. The molecule has 2 heterocycles. The predicted octanol–water partition coefficient (Wildman–Crippen LogP) is 1.21. The number of piperazine rings is 1. The van der Waals surface area contributed by atoms with E-state index in [-0.39, 0.29) is 5.97 Å². The normalized spacial score (nSPS) is 19.1. The largest absolute Gasteiger partial charge is 0.424 e. The maximum atomic E-state index is 11.4. The van der Waals surface area contributed by atoms with Crippen LogP contribution >= 0.6 is 11.6 Å². The van der Waals surface area contributed by atoms with Crippen molar-refractivity contribution in [3.05, 3.63) is 22.7 Å². The molecule has 5 heteroatoms. The molecule has 0 radical (unpaired) electrons. The minimum absolute atomic E-state index is 0.196. The molecule has 4 nitrogen and oxygen atoms in total. The second kappa shape index (κ2) is 4.20. The summed E-state index contributed by atoms with van der Waals surface area (Å²) >= 11 is 6.09. The van der Waals surface area contributed by atoms with Gasteiger partial charge in [0.2, 0.25) is 0 Å². The zero-order valence-corrected chi connectivity index (χ0v) is 10.1. The molecule has 0 atom stereocenters. The lowest BCUT2D eigenvalue weighted by Crippen LogP contribution is -2.43. The third-order valence-corrected chi connectivity index (χ3v) is 3.34. The number of ether oxygens (including phenoxy) is 1. The van der Waals surface area contributed by atoms with E-state index in [0.29, 0.717) is 17.2 Å². The highest BCUT2D eigenvalue weighted by Crippen LogP contribution is 2.39. The molecular weight excluding hydrogens is 240 g/mol. The zero-order chi connectivity index (χ0) is 11.8. The standard InChI is InChI=1S/C12H13ClN2O2/c13-9-5-8-6-11(16)17-12(8)10(7-9)15-3-1-14-2-4-15/h5,7,14H,1-4,6H2. The molecule has 90 valence electrons. The number of nitrogens with zero attached hydrogens (tertiary/aromatic N) is 1. The number of halogens is 1. The first-order valence-electron chi connectivity index (χ1n) is 5.73. The topological polar surface area (TPSA) is 41.6 Å². The van der Waals surface area contributed by atoms with Gasteiger partial charge < -0.3 is 15.0 Å². The van der Waals surface area contributed by atoms with Gasteiger partial charge in [0.05, 0.1) is 12.1 Å². The van der Waals surface area contributed by atoms with Crippen molar-refractivity contribution in [1.82, 2.24) is 5.32 Å². The Bertz CT molecular complexity index is 470. The highest BCUT2D eigenvalue weighted by molar-refractivity contribution is 6.31. The van der Waals surface area contributed by atoms with E-state index in [2.05, 4.69) is 10.2 Å². The predicted molar refractivity (Wildman–Crippen MR) is 65.9 cm³/mol. The van der Waals surface area contributed by atoms with E-state index in [4.69, 9.17) is 16.3 Å². The van der Waals surface area contributed by atoms with Crippen molar-refractivity contribution in [2.45, 2.75) is 6.42 Å². The summed E-state index contributed by atoms with van der Waals surface area (Å²) in [7, 11) is 0. The third kappa shape index (κ3) is 1.98. The minimum Gasteiger partial charge on any atom is -0.424 e. The average Bonchev–Trinajstić information content (AvgIpc) is 2.69. The summed E-state index contributed by atoms with van der Waals surface area (Å²) in [4.78, 5) is 13.6. The Morgan fingerprint density at radius 3 is 2.82 bits per heavy atom. The second-order valence-corrected chi connectivity index (χ2v) is 4.74. The molecular formula is C12H13ClN2O2. The van der Waals surface area contributed by atoms with Crippen LogP contribution in [-0.2, 0) is 11.2 Å². The van der Waals surface area contributed by atoms with Gasteiger partial charge in [0.25, 0.3) is 0 Å². The Kier molecular flexibility index (Phi) is 2.68. The van der Waals surface area contributed by atoms with E-state index in [9.17, 15) is 4.79 Å². The van der Waals surface area contributed by atoms with Crippen LogP contribution in [0.5, 0.6) is 5.75 Å². The molecule has 0 bridgehead atoms. The average molecular weight is 253 g/mol. The van der Waals surface area contributed by atoms with E-state index < -0.39 is 0 Å². The number of rotatable bonds is 1. The molecule has 0 aliphatic carbocycles. The van der Waals surface area contributed by atoms with Gasteiger partial charge in [0.1, 0.15) is 0 Å². The van der Waals surface area contributed by atoms with Crippen LogP contribution in [0.25, 0.3) is 0 Å². The SMILES string of the molecule is O=C1Cc2cc(Cl)cc(N3CCNCC3)c2O1. The fourth-order valence-corrected chi connectivity index (χ4v) is 2.56. The first-order valence-corrected chi connectivity index (χ1v) is 6.10. The molecule has 1 aromatic rings. The number of anilines is 1. The van der Waals surface area contributed by atoms with Crippen LogP contribution < -0.4 is 15.0 Å². The Labute approximate surface area is 104 Å². The van der Waals surface area contributed by atoms with Crippen LogP contribution in [0, 0.1) is 0 Å². The van der Waals surface area contributed by atoms with Crippen molar-refractivity contribution in [3.8, 4) is 5.75 Å². The number of esters is 1. The Hall–Kier alpha value is -1.26. The van der Waals surface area contributed by atoms with Gasteiger partial charge in [0, 0.05) is 36.8 Å². The number of benzene rings is 1. The third-order valence-electron chi connectivity index (χ3n) is 3.12. The van der Waals surface area contributed by atoms with E-state index in [1.165, 1.54) is 0 Å². The molecule has 0 amide bonds. The lowest BCUT2D eigenvalue weighted by atomic mass is 10.1. The molecule has 0 aromatic heterocycles. The van der Waals surface area contributed by atoms with Crippen molar-refractivity contribution in [2.75, 3.05) is 31.1 Å². The van der Waals surface area contributed by atoms with Crippen molar-refractivity contribution >= 4 is 23.3 Å². The second-order valence-electron chi connectivity index (χ2n) is 4.30. The van der Waals surface area contributed by atoms with E-state index >= 15 is 0 Å². The number of nitrogens with one attached hydrogen (secondary N) is 1. The zero-order valence-electron chi connectivity index (χ0n) is 9.33. The van der Waals surface area contributed by atoms with Crippen LogP contribution in [0.1, 0.15) is 5.56 Å². The molecule has 0 saturated carbocycles. The maximum Gasteiger partial charge on any atom is 0.315 e. The highest BCUT2D eigenvalue weighted by atomic mass is 35.5. The molecule has 1 N–H and O–H groups in total. The van der Waals surface area contributed by atoms with Gasteiger partial charge in [-0.05, 0) is 12.1 Å². The first-order chi connectivity index (χ1) is 8.24. The Morgan fingerprint density at radius 2 is 2.06 bits per heavy atom. The molecule has 1 saturated heterocycles. The van der Waals surface area contributed by atoms with E-state index in [1.54, 1.807) is 0 Å². The van der Waals surface area contributed by atoms with E-state index in [0.717, 1.165) is 37.4 Å². The van der Waals surface area contributed by atoms with Gasteiger partial charge in [-0.3, -0.25) is 4.79 Å². The molecule has 2 aliphatic rings. The number of hydrogen-bond donors (Lipinski definition) is 1. The summed E-state index contributed by atoms with van der Waals surface area (Å²) in [5.74, 6) is 0.500. The molecule has 3 rings (SSSR count). The van der Waals surface area contributed by atoms with Crippen LogP contribution in [0.15, 0.2) is 12.1 Å². The summed E-state index contributed by atoms with van der Waals surface area (Å²) in [5.41, 5.74) is 1.84. The van der Waals surface area contributed by atoms with Gasteiger partial charge >= 0.3 is 5.97 Å². The molecule has 0 unspecified atom stereocenters. The van der Waals surface area contributed by atoms with Crippen molar-refractivity contribution < 1.29 is 9.53 Å². The van der Waals surface area contributed by atoms with Gasteiger partial charge in [-0.1, -0.05) is 11.6 Å². The lowest BCUT2D eigenvalue weighted by molar-refractivity contribution is -0.131. The van der Waals surface area contributed by atoms with Crippen LogP contribution in [0.4, 0.5) is 5.69 Å². The summed E-state index contributed by atoms with van der Waals surface area (Å²) in [6, 6.07) is 3.69. The molecule has 1 aromatic carbocycles. The first kappa shape index (κ1) is 10.9. The molecule has 0 spiro atoms. The monoisotopic (exact) mass is 252 g/mol. The van der Waals surface area contributed by atoms with Gasteiger partial charge in [-0.2, -0.15) is 0 Å². The fourth-order valence-electron chi connectivity index (χ4n) is 2.33. The highest BCUT2D eigenvalue weighted by Gasteiger charge is 2.27. The minimum atomic E-state index is -0.196. The molecule has 1 fully saturated rings. The summed E-state index contributed by atoms with van der Waals surface area (Å²) < 4.78 is 5.29. The molecule has 2 aliphatic heterocycles. The van der Waals surface area contributed by atoms with Crippen molar-refractivity contribution in [2.24, 2.45) is 0 Å².